The molecule has 0 fully saturated rings. The molecule has 0 atom stereocenters. The maximum Gasteiger partial charge on any atom is 0.191 e. The second-order valence-electron chi connectivity index (χ2n) is 4.64. The van der Waals surface area contributed by atoms with E-state index in [1.54, 1.807) is 7.11 Å². The number of hydrogen-bond acceptors (Lipinski definition) is 2. The van der Waals surface area contributed by atoms with Crippen LogP contribution in [0.5, 0.6) is 5.75 Å². The molecule has 5 heteroatoms. The summed E-state index contributed by atoms with van der Waals surface area (Å²) >= 11 is 0. The summed E-state index contributed by atoms with van der Waals surface area (Å²) in [5, 5.41) is 6.62. The van der Waals surface area contributed by atoms with E-state index in [0.29, 0.717) is 0 Å². The van der Waals surface area contributed by atoms with Gasteiger partial charge in [0.15, 0.2) is 5.96 Å². The summed E-state index contributed by atoms with van der Waals surface area (Å²) in [6.45, 7) is 6.92. The Balaban J connectivity index is 0.00000400. The van der Waals surface area contributed by atoms with Crippen molar-refractivity contribution in [3.8, 4) is 5.75 Å². The highest BCUT2D eigenvalue weighted by molar-refractivity contribution is 14.0. The number of aliphatic imine (C=N–C) groups is 1. The molecule has 0 spiro atoms. The van der Waals surface area contributed by atoms with E-state index in [4.69, 9.17) is 4.74 Å². The minimum absolute atomic E-state index is 0. The summed E-state index contributed by atoms with van der Waals surface area (Å²) in [6, 6.07) is 8.26. The fourth-order valence-electron chi connectivity index (χ4n) is 1.86. The first-order chi connectivity index (χ1) is 9.80. The van der Waals surface area contributed by atoms with Crippen molar-refractivity contribution >= 4 is 29.9 Å². The molecule has 0 aliphatic rings. The molecule has 2 N–H and O–H groups in total. The van der Waals surface area contributed by atoms with Crippen LogP contribution in [0.1, 0.15) is 32.3 Å². The van der Waals surface area contributed by atoms with Crippen molar-refractivity contribution in [3.63, 3.8) is 0 Å². The van der Waals surface area contributed by atoms with Crippen molar-refractivity contribution in [2.75, 3.05) is 26.7 Å². The van der Waals surface area contributed by atoms with Crippen molar-refractivity contribution in [1.82, 2.24) is 10.6 Å². The number of methoxy groups -OCH3 is 1. The van der Waals surface area contributed by atoms with Gasteiger partial charge in [-0.2, -0.15) is 0 Å². The summed E-state index contributed by atoms with van der Waals surface area (Å²) in [6.07, 6.45) is 3.22. The van der Waals surface area contributed by atoms with Gasteiger partial charge in [0, 0.05) is 19.6 Å². The molecule has 120 valence electrons. The van der Waals surface area contributed by atoms with E-state index < -0.39 is 0 Å². The van der Waals surface area contributed by atoms with Crippen molar-refractivity contribution in [2.24, 2.45) is 4.99 Å². The third kappa shape index (κ3) is 8.80. The Bertz CT molecular complexity index is 393. The predicted octanol–water partition coefficient (Wildman–Crippen LogP) is 3.21. The number of hydrogen-bond donors (Lipinski definition) is 2. The molecule has 21 heavy (non-hydrogen) atoms. The molecule has 1 rings (SSSR count). The molecule has 0 aliphatic heterocycles. The molecule has 0 amide bonds. The second-order valence-corrected chi connectivity index (χ2v) is 4.64. The normalized spacial score (nSPS) is 10.7. The highest BCUT2D eigenvalue weighted by atomic mass is 127. The highest BCUT2D eigenvalue weighted by Crippen LogP contribution is 2.12. The first kappa shape index (κ1) is 20.0. The molecule has 0 radical (unpaired) electrons. The van der Waals surface area contributed by atoms with Gasteiger partial charge >= 0.3 is 0 Å². The van der Waals surface area contributed by atoms with Crippen molar-refractivity contribution in [1.29, 1.82) is 0 Å². The molecule has 0 bridgehead atoms. The molecule has 1 aromatic rings. The van der Waals surface area contributed by atoms with Gasteiger partial charge in [0.05, 0.1) is 7.11 Å². The van der Waals surface area contributed by atoms with Crippen LogP contribution in [0, 0.1) is 0 Å². The average Bonchev–Trinajstić information content (AvgIpc) is 2.49. The fraction of sp³-hybridized carbons (Fsp3) is 0.562. The number of ether oxygens (including phenoxy) is 1. The summed E-state index contributed by atoms with van der Waals surface area (Å²) < 4.78 is 5.15. The summed E-state index contributed by atoms with van der Waals surface area (Å²) in [5.74, 6) is 1.83. The summed E-state index contributed by atoms with van der Waals surface area (Å²) in [4.78, 5) is 4.48. The number of rotatable bonds is 8. The van der Waals surface area contributed by atoms with Crippen LogP contribution in [0.25, 0.3) is 0 Å². The molecular weight excluding hydrogens is 377 g/mol. The maximum atomic E-state index is 5.15. The van der Waals surface area contributed by atoms with Crippen LogP contribution in [-0.4, -0.2) is 32.7 Å². The number of guanidine groups is 1. The number of benzene rings is 1. The van der Waals surface area contributed by atoms with E-state index in [1.807, 2.05) is 12.1 Å². The molecule has 0 heterocycles. The van der Waals surface area contributed by atoms with Crippen LogP contribution in [0.4, 0.5) is 0 Å². The van der Waals surface area contributed by atoms with Gasteiger partial charge in [-0.25, -0.2) is 0 Å². The van der Waals surface area contributed by atoms with Gasteiger partial charge in [-0.15, -0.1) is 24.0 Å². The molecule has 1 aromatic carbocycles. The Kier molecular flexibility index (Phi) is 12.1. The first-order valence-electron chi connectivity index (χ1n) is 7.45. The number of nitrogens with one attached hydrogen (secondary N) is 2. The van der Waals surface area contributed by atoms with Gasteiger partial charge in [0.25, 0.3) is 0 Å². The van der Waals surface area contributed by atoms with Crippen LogP contribution in [0.3, 0.4) is 0 Å². The third-order valence-electron chi connectivity index (χ3n) is 2.93. The number of nitrogens with zero attached hydrogens (tertiary/aromatic N) is 1. The van der Waals surface area contributed by atoms with E-state index in [2.05, 4.69) is 41.6 Å². The fourth-order valence-corrected chi connectivity index (χ4v) is 1.86. The molecule has 0 aliphatic carbocycles. The Morgan fingerprint density at radius 3 is 2.43 bits per heavy atom. The van der Waals surface area contributed by atoms with E-state index in [-0.39, 0.29) is 24.0 Å². The zero-order chi connectivity index (χ0) is 14.6. The quantitative estimate of drug-likeness (QED) is 0.302. The van der Waals surface area contributed by atoms with Crippen LogP contribution in [-0.2, 0) is 6.42 Å². The van der Waals surface area contributed by atoms with E-state index in [0.717, 1.165) is 50.6 Å². The highest BCUT2D eigenvalue weighted by Gasteiger charge is 1.97. The lowest BCUT2D eigenvalue weighted by atomic mass is 10.1. The second kappa shape index (κ2) is 12.7. The summed E-state index contributed by atoms with van der Waals surface area (Å²) in [5.41, 5.74) is 1.34. The van der Waals surface area contributed by atoms with Crippen LogP contribution < -0.4 is 15.4 Å². The molecule has 0 saturated carbocycles. The Morgan fingerprint density at radius 1 is 1.14 bits per heavy atom. The molecule has 4 nitrogen and oxygen atoms in total. The van der Waals surface area contributed by atoms with Crippen LogP contribution >= 0.6 is 24.0 Å². The van der Waals surface area contributed by atoms with Gasteiger partial charge in [-0.3, -0.25) is 4.99 Å². The zero-order valence-corrected chi connectivity index (χ0v) is 15.6. The van der Waals surface area contributed by atoms with E-state index in [1.165, 1.54) is 5.56 Å². The minimum Gasteiger partial charge on any atom is -0.497 e. The van der Waals surface area contributed by atoms with E-state index in [9.17, 15) is 0 Å². The molecule has 0 aromatic heterocycles. The van der Waals surface area contributed by atoms with Crippen molar-refractivity contribution in [3.05, 3.63) is 29.8 Å². The lowest BCUT2D eigenvalue weighted by Gasteiger charge is -2.11. The lowest BCUT2D eigenvalue weighted by molar-refractivity contribution is 0.414. The van der Waals surface area contributed by atoms with Crippen LogP contribution in [0.15, 0.2) is 29.3 Å². The van der Waals surface area contributed by atoms with Gasteiger partial charge in [0.2, 0.25) is 0 Å². The number of aryl methyl sites for hydroxylation is 1. The minimum atomic E-state index is 0. The van der Waals surface area contributed by atoms with Gasteiger partial charge in [-0.1, -0.05) is 19.1 Å². The zero-order valence-electron chi connectivity index (χ0n) is 13.3. The largest absolute Gasteiger partial charge is 0.497 e. The molecular formula is C16H28IN3O. The first-order valence-corrected chi connectivity index (χ1v) is 7.45. The maximum absolute atomic E-state index is 5.15. The predicted molar refractivity (Wildman–Crippen MR) is 101 cm³/mol. The van der Waals surface area contributed by atoms with Gasteiger partial charge in [0.1, 0.15) is 5.75 Å². The van der Waals surface area contributed by atoms with Crippen LogP contribution in [0.2, 0.25) is 0 Å². The molecule has 0 unspecified atom stereocenters. The monoisotopic (exact) mass is 405 g/mol. The topological polar surface area (TPSA) is 45.7 Å². The van der Waals surface area contributed by atoms with Gasteiger partial charge in [-0.05, 0) is 43.9 Å². The SMILES string of the molecule is CCCN=C(NCC)NCCCc1ccc(OC)cc1.I. The smallest absolute Gasteiger partial charge is 0.191 e. The Hall–Kier alpha value is -0.980. The van der Waals surface area contributed by atoms with E-state index >= 15 is 0 Å². The van der Waals surface area contributed by atoms with Gasteiger partial charge < -0.3 is 15.4 Å². The standard InChI is InChI=1S/C16H27N3O.HI/c1-4-12-18-16(17-5-2)19-13-6-7-14-8-10-15(20-3)11-9-14;/h8-11H,4-7,12-13H2,1-3H3,(H2,17,18,19);1H. The molecule has 0 saturated heterocycles. The average molecular weight is 405 g/mol. The van der Waals surface area contributed by atoms with Crippen molar-refractivity contribution < 1.29 is 4.74 Å². The third-order valence-corrected chi connectivity index (χ3v) is 2.93. The number of halogens is 1. The van der Waals surface area contributed by atoms with Crippen molar-refractivity contribution in [2.45, 2.75) is 33.1 Å². The Morgan fingerprint density at radius 2 is 1.86 bits per heavy atom. The lowest BCUT2D eigenvalue weighted by Crippen LogP contribution is -2.38. The summed E-state index contributed by atoms with van der Waals surface area (Å²) in [7, 11) is 1.69. The Labute approximate surface area is 145 Å².